The maximum atomic E-state index is 11.1. The number of hydrogen-bond donors (Lipinski definition) is 1. The van der Waals surface area contributed by atoms with Crippen molar-refractivity contribution in [2.75, 3.05) is 20.3 Å². The largest absolute Gasteiger partial charge is 0.497 e. The lowest BCUT2D eigenvalue weighted by molar-refractivity contribution is -0.211. The van der Waals surface area contributed by atoms with E-state index in [2.05, 4.69) is 0 Å². The van der Waals surface area contributed by atoms with E-state index in [0.717, 1.165) is 5.75 Å². The molecule has 0 fully saturated rings. The molecular formula is C16H16O6. The lowest BCUT2D eigenvalue weighted by Crippen LogP contribution is -2.10. The summed E-state index contributed by atoms with van der Waals surface area (Å²) in [5.74, 6) is 0.163. The topological polar surface area (TPSA) is 74.2 Å². The first-order valence-electron chi connectivity index (χ1n) is 6.59. The zero-order valence-electron chi connectivity index (χ0n) is 12.0. The van der Waals surface area contributed by atoms with Crippen LogP contribution in [0.5, 0.6) is 17.2 Å². The first-order valence-corrected chi connectivity index (χ1v) is 6.59. The summed E-state index contributed by atoms with van der Waals surface area (Å²) in [6.07, 6.45) is 0. The number of aromatic carboxylic acids is 1. The Bertz CT molecular complexity index is 611. The highest BCUT2D eigenvalue weighted by Gasteiger charge is 2.13. The van der Waals surface area contributed by atoms with E-state index in [4.69, 9.17) is 24.4 Å². The summed E-state index contributed by atoms with van der Waals surface area (Å²) in [4.78, 5) is 21.1. The van der Waals surface area contributed by atoms with E-state index in [0.29, 0.717) is 5.75 Å². The Morgan fingerprint density at radius 3 is 2.50 bits per heavy atom. The number of para-hydroxylation sites is 1. The molecule has 22 heavy (non-hydrogen) atoms. The summed E-state index contributed by atoms with van der Waals surface area (Å²) in [6, 6.07) is 13.6. The van der Waals surface area contributed by atoms with E-state index in [1.165, 1.54) is 25.3 Å². The molecule has 0 aromatic heterocycles. The smallest absolute Gasteiger partial charge is 0.339 e. The molecule has 0 saturated carbocycles. The number of hydrogen-bond acceptors (Lipinski definition) is 5. The number of carboxylic acids is 1. The predicted molar refractivity (Wildman–Crippen MR) is 78.5 cm³/mol. The van der Waals surface area contributed by atoms with Crippen LogP contribution in [0.2, 0.25) is 0 Å². The fourth-order valence-corrected chi connectivity index (χ4v) is 1.69. The third-order valence-electron chi connectivity index (χ3n) is 2.75. The first-order chi connectivity index (χ1) is 10.7. The van der Waals surface area contributed by atoms with Crippen LogP contribution in [0.15, 0.2) is 48.5 Å². The molecule has 2 rings (SSSR count). The van der Waals surface area contributed by atoms with E-state index in [1.807, 2.05) is 30.3 Å². The molecule has 6 heteroatoms. The summed E-state index contributed by atoms with van der Waals surface area (Å²) in [6.45, 7) is 0.418. The highest BCUT2D eigenvalue weighted by atomic mass is 17.2. The zero-order chi connectivity index (χ0) is 15.8. The van der Waals surface area contributed by atoms with Gasteiger partial charge in [0.25, 0.3) is 0 Å². The maximum Gasteiger partial charge on any atom is 0.339 e. The Morgan fingerprint density at radius 2 is 1.82 bits per heavy atom. The van der Waals surface area contributed by atoms with Crippen LogP contribution in [0, 0.1) is 0 Å². The van der Waals surface area contributed by atoms with Crippen molar-refractivity contribution in [3.05, 3.63) is 54.1 Å². The fourth-order valence-electron chi connectivity index (χ4n) is 1.69. The predicted octanol–water partition coefficient (Wildman–Crippen LogP) is 2.78. The molecule has 0 unspecified atom stereocenters. The Morgan fingerprint density at radius 1 is 1.05 bits per heavy atom. The Labute approximate surface area is 127 Å². The molecule has 0 spiro atoms. The molecule has 0 bridgehead atoms. The lowest BCUT2D eigenvalue weighted by atomic mass is 10.2. The van der Waals surface area contributed by atoms with Crippen molar-refractivity contribution in [2.45, 2.75) is 0 Å². The van der Waals surface area contributed by atoms with Gasteiger partial charge in [-0.2, -0.15) is 4.89 Å². The van der Waals surface area contributed by atoms with E-state index in [-0.39, 0.29) is 24.5 Å². The van der Waals surface area contributed by atoms with Crippen molar-refractivity contribution < 1.29 is 29.1 Å². The van der Waals surface area contributed by atoms with E-state index < -0.39 is 5.97 Å². The number of ether oxygens (including phenoxy) is 2. The van der Waals surface area contributed by atoms with Crippen LogP contribution in [0.4, 0.5) is 0 Å². The molecule has 0 aliphatic rings. The average Bonchev–Trinajstić information content (AvgIpc) is 2.55. The molecule has 0 heterocycles. The summed E-state index contributed by atoms with van der Waals surface area (Å²) in [5.41, 5.74) is -0.00947. The normalized spacial score (nSPS) is 10.0. The van der Waals surface area contributed by atoms with E-state index in [9.17, 15) is 4.79 Å². The summed E-state index contributed by atoms with van der Waals surface area (Å²) < 4.78 is 10.4. The van der Waals surface area contributed by atoms with Gasteiger partial charge in [0, 0.05) is 6.07 Å². The van der Waals surface area contributed by atoms with Crippen LogP contribution < -0.4 is 14.4 Å². The van der Waals surface area contributed by atoms with E-state index >= 15 is 0 Å². The van der Waals surface area contributed by atoms with Crippen LogP contribution in [-0.4, -0.2) is 31.4 Å². The SMILES string of the molecule is COc1ccc(C(=O)O)c(OOCCOc2ccccc2)c1. The quantitative estimate of drug-likeness (QED) is 0.459. The monoisotopic (exact) mass is 304 g/mol. The van der Waals surface area contributed by atoms with Gasteiger partial charge in [0.05, 0.1) is 7.11 Å². The van der Waals surface area contributed by atoms with Gasteiger partial charge in [-0.25, -0.2) is 4.79 Å². The molecule has 0 aliphatic carbocycles. The van der Waals surface area contributed by atoms with E-state index in [1.54, 1.807) is 0 Å². The lowest BCUT2D eigenvalue weighted by Gasteiger charge is -2.10. The van der Waals surface area contributed by atoms with Gasteiger partial charge >= 0.3 is 5.97 Å². The molecule has 6 nitrogen and oxygen atoms in total. The van der Waals surface area contributed by atoms with Crippen molar-refractivity contribution >= 4 is 5.97 Å². The molecule has 1 N–H and O–H groups in total. The molecule has 0 amide bonds. The molecule has 0 atom stereocenters. The van der Waals surface area contributed by atoms with Crippen molar-refractivity contribution in [2.24, 2.45) is 0 Å². The zero-order valence-corrected chi connectivity index (χ0v) is 12.0. The fraction of sp³-hybridized carbons (Fsp3) is 0.188. The molecule has 116 valence electrons. The van der Waals surface area contributed by atoms with Crippen LogP contribution in [0.3, 0.4) is 0 Å². The standard InChI is InChI=1S/C16H16O6/c1-19-13-7-8-14(16(17)18)15(11-13)22-21-10-9-20-12-5-3-2-4-6-12/h2-8,11H,9-10H2,1H3,(H,17,18). The van der Waals surface area contributed by atoms with Crippen LogP contribution in [0.25, 0.3) is 0 Å². The second-order valence-corrected chi connectivity index (χ2v) is 4.23. The second kappa shape index (κ2) is 7.90. The molecule has 0 saturated heterocycles. The number of rotatable bonds is 8. The van der Waals surface area contributed by atoms with Crippen LogP contribution >= 0.6 is 0 Å². The van der Waals surface area contributed by atoms with Gasteiger partial charge in [-0.1, -0.05) is 18.2 Å². The van der Waals surface area contributed by atoms with Gasteiger partial charge in [0.1, 0.15) is 30.3 Å². The highest BCUT2D eigenvalue weighted by Crippen LogP contribution is 2.25. The minimum Gasteiger partial charge on any atom is -0.497 e. The molecule has 2 aromatic rings. The van der Waals surface area contributed by atoms with Gasteiger partial charge in [-0.15, -0.1) is 0 Å². The van der Waals surface area contributed by atoms with Gasteiger partial charge in [0.2, 0.25) is 0 Å². The maximum absolute atomic E-state index is 11.1. The van der Waals surface area contributed by atoms with Gasteiger partial charge < -0.3 is 19.5 Å². The third kappa shape index (κ3) is 4.39. The minimum atomic E-state index is -1.11. The van der Waals surface area contributed by atoms with Crippen LogP contribution in [-0.2, 0) is 4.89 Å². The number of methoxy groups -OCH3 is 1. The van der Waals surface area contributed by atoms with Gasteiger partial charge in [-0.05, 0) is 24.3 Å². The summed E-state index contributed by atoms with van der Waals surface area (Å²) in [5, 5.41) is 9.08. The molecule has 2 aromatic carbocycles. The second-order valence-electron chi connectivity index (χ2n) is 4.23. The number of carbonyl (C=O) groups is 1. The minimum absolute atomic E-state index is 0.00947. The molecule has 0 radical (unpaired) electrons. The summed E-state index contributed by atoms with van der Waals surface area (Å²) in [7, 11) is 1.48. The summed E-state index contributed by atoms with van der Waals surface area (Å²) >= 11 is 0. The van der Waals surface area contributed by atoms with Crippen molar-refractivity contribution in [1.29, 1.82) is 0 Å². The van der Waals surface area contributed by atoms with Gasteiger partial charge in [-0.3, -0.25) is 0 Å². The third-order valence-corrected chi connectivity index (χ3v) is 2.75. The number of benzene rings is 2. The molecular weight excluding hydrogens is 288 g/mol. The average molecular weight is 304 g/mol. The van der Waals surface area contributed by atoms with Crippen molar-refractivity contribution in [1.82, 2.24) is 0 Å². The Kier molecular flexibility index (Phi) is 5.62. The molecule has 0 aliphatic heterocycles. The number of carboxylic acid groups (broad SMARTS) is 1. The van der Waals surface area contributed by atoms with Crippen molar-refractivity contribution in [3.63, 3.8) is 0 Å². The van der Waals surface area contributed by atoms with Gasteiger partial charge in [0.15, 0.2) is 5.75 Å². The Balaban J connectivity index is 1.84. The van der Waals surface area contributed by atoms with Crippen LogP contribution in [0.1, 0.15) is 10.4 Å². The van der Waals surface area contributed by atoms with Crippen molar-refractivity contribution in [3.8, 4) is 17.2 Å². The highest BCUT2D eigenvalue weighted by molar-refractivity contribution is 5.91. The Hall–Kier alpha value is -2.73. The first kappa shape index (κ1) is 15.7.